The molecule has 1 aliphatic rings. The zero-order chi connectivity index (χ0) is 28.2. The van der Waals surface area contributed by atoms with Gasteiger partial charge in [-0.2, -0.15) is 0 Å². The number of alkyl halides is 1. The number of aliphatic hydroxyl groups excluding tert-OH is 1. The summed E-state index contributed by atoms with van der Waals surface area (Å²) >= 11 is 0. The predicted molar refractivity (Wildman–Crippen MR) is 146 cm³/mol. The van der Waals surface area contributed by atoms with Crippen molar-refractivity contribution in [2.24, 2.45) is 0 Å². The molecule has 2 heterocycles. The molecule has 0 saturated carbocycles. The number of nitrogens with one attached hydrogen (secondary N) is 1. The first kappa shape index (κ1) is 27.3. The minimum Gasteiger partial charge on any atom is -0.497 e. The number of benzene rings is 3. The highest BCUT2D eigenvalue weighted by Crippen LogP contribution is 2.33. The molecule has 5 rings (SSSR count). The Balaban J connectivity index is 1.36. The Labute approximate surface area is 229 Å². The maximum atomic E-state index is 14.9. The van der Waals surface area contributed by atoms with Gasteiger partial charge in [0.05, 0.1) is 27.4 Å². The number of aromatic nitrogens is 2. The molecule has 9 nitrogen and oxygen atoms in total. The topological polar surface area (TPSA) is 112 Å². The summed E-state index contributed by atoms with van der Waals surface area (Å²) in [6.07, 6.45) is -5.02. The van der Waals surface area contributed by atoms with Crippen molar-refractivity contribution < 1.29 is 28.4 Å². The van der Waals surface area contributed by atoms with Crippen molar-refractivity contribution in [3.05, 3.63) is 105 Å². The smallest absolute Gasteiger partial charge is 0.330 e. The van der Waals surface area contributed by atoms with Crippen molar-refractivity contribution in [3.63, 3.8) is 0 Å². The van der Waals surface area contributed by atoms with E-state index in [-0.39, 0.29) is 13.2 Å². The first-order chi connectivity index (χ1) is 19.4. The van der Waals surface area contributed by atoms with Crippen molar-refractivity contribution in [1.29, 1.82) is 0 Å². The second-order valence-corrected chi connectivity index (χ2v) is 9.34. The number of hydrogen-bond acceptors (Lipinski definition) is 7. The SMILES string of the molecule is COc1ccc(-c2ccc(COC[C@H]3O[C@@H](n4c(=O)cc[nH]c4=O)[C@H](F)[C@@H]3O)c(-c3ccc(OC)cc3)c2)cc1. The number of methoxy groups -OCH3 is 2. The van der Waals surface area contributed by atoms with Gasteiger partial charge in [-0.3, -0.25) is 4.79 Å². The summed E-state index contributed by atoms with van der Waals surface area (Å²) < 4.78 is 37.5. The fraction of sp³-hybridized carbons (Fsp3) is 0.267. The van der Waals surface area contributed by atoms with Crippen LogP contribution in [0.15, 0.2) is 88.6 Å². The van der Waals surface area contributed by atoms with Gasteiger partial charge in [-0.15, -0.1) is 0 Å². The third-order valence-electron chi connectivity index (χ3n) is 6.91. The molecule has 2 N–H and O–H groups in total. The lowest BCUT2D eigenvalue weighted by atomic mass is 9.94. The summed E-state index contributed by atoms with van der Waals surface area (Å²) in [5.74, 6) is 1.49. The number of ether oxygens (including phenoxy) is 4. The molecule has 0 aliphatic carbocycles. The molecule has 1 saturated heterocycles. The van der Waals surface area contributed by atoms with Gasteiger partial charge in [0, 0.05) is 12.3 Å². The van der Waals surface area contributed by atoms with Crippen LogP contribution in [0.25, 0.3) is 22.3 Å². The summed E-state index contributed by atoms with van der Waals surface area (Å²) in [7, 11) is 3.23. The number of H-pyrrole nitrogens is 1. The fourth-order valence-corrected chi connectivity index (χ4v) is 4.71. The second kappa shape index (κ2) is 11.9. The quantitative estimate of drug-likeness (QED) is 0.328. The molecule has 0 unspecified atom stereocenters. The van der Waals surface area contributed by atoms with E-state index in [2.05, 4.69) is 11.1 Å². The van der Waals surface area contributed by atoms with Gasteiger partial charge < -0.3 is 29.0 Å². The molecule has 3 aromatic carbocycles. The summed E-state index contributed by atoms with van der Waals surface area (Å²) in [6, 6.07) is 22.5. The van der Waals surface area contributed by atoms with E-state index in [4.69, 9.17) is 18.9 Å². The lowest BCUT2D eigenvalue weighted by Crippen LogP contribution is -2.40. The lowest BCUT2D eigenvalue weighted by Gasteiger charge is -2.17. The lowest BCUT2D eigenvalue weighted by molar-refractivity contribution is -0.0692. The molecule has 0 bridgehead atoms. The first-order valence-corrected chi connectivity index (χ1v) is 12.7. The van der Waals surface area contributed by atoms with E-state index in [0.717, 1.165) is 45.4 Å². The monoisotopic (exact) mass is 548 g/mol. The Morgan fingerprint density at radius 2 is 1.52 bits per heavy atom. The van der Waals surface area contributed by atoms with Gasteiger partial charge in [0.15, 0.2) is 12.4 Å². The highest BCUT2D eigenvalue weighted by Gasteiger charge is 2.46. The maximum absolute atomic E-state index is 14.9. The molecule has 1 aromatic heterocycles. The van der Waals surface area contributed by atoms with Gasteiger partial charge in [-0.05, 0) is 58.1 Å². The Morgan fingerprint density at radius 1 is 0.900 bits per heavy atom. The summed E-state index contributed by atoms with van der Waals surface area (Å²) in [4.78, 5) is 26.5. The molecule has 40 heavy (non-hydrogen) atoms. The highest BCUT2D eigenvalue weighted by molar-refractivity contribution is 5.76. The molecule has 10 heteroatoms. The van der Waals surface area contributed by atoms with E-state index in [1.54, 1.807) is 14.2 Å². The minimum atomic E-state index is -1.98. The predicted octanol–water partition coefficient (Wildman–Crippen LogP) is 3.70. The van der Waals surface area contributed by atoms with Crippen LogP contribution in [-0.2, 0) is 16.1 Å². The number of nitrogens with zero attached hydrogens (tertiary/aromatic N) is 1. The molecule has 1 fully saturated rings. The first-order valence-electron chi connectivity index (χ1n) is 12.7. The Kier molecular flexibility index (Phi) is 8.11. The van der Waals surface area contributed by atoms with Crippen LogP contribution in [0.5, 0.6) is 11.5 Å². The van der Waals surface area contributed by atoms with E-state index >= 15 is 0 Å². The Hall–Kier alpha value is -4.25. The van der Waals surface area contributed by atoms with Crippen molar-refractivity contribution in [3.8, 4) is 33.8 Å². The van der Waals surface area contributed by atoms with Crippen LogP contribution in [0, 0.1) is 0 Å². The van der Waals surface area contributed by atoms with Crippen molar-refractivity contribution >= 4 is 0 Å². The van der Waals surface area contributed by atoms with Crippen LogP contribution in [0.4, 0.5) is 4.39 Å². The van der Waals surface area contributed by atoms with E-state index in [9.17, 15) is 19.1 Å². The van der Waals surface area contributed by atoms with Gasteiger partial charge in [-0.1, -0.05) is 36.4 Å². The molecule has 1 aliphatic heterocycles. The highest BCUT2D eigenvalue weighted by atomic mass is 19.1. The van der Waals surface area contributed by atoms with Crippen LogP contribution < -0.4 is 20.7 Å². The molecule has 4 aromatic rings. The minimum absolute atomic E-state index is 0.143. The maximum Gasteiger partial charge on any atom is 0.330 e. The standard InChI is InChI=1S/C30H29FN2O7/c1-37-22-9-5-18(6-10-22)20-3-4-21(24(15-20)19-7-11-23(38-2)12-8-19)16-39-17-25-28(35)27(31)29(40-25)33-26(34)13-14-32-30(33)36/h3-15,25,27-29,35H,16-17H2,1-2H3,(H,32,36)/t25-,27-,28-,29-/m1/s1. The number of aromatic amines is 1. The Morgan fingerprint density at radius 3 is 2.15 bits per heavy atom. The largest absolute Gasteiger partial charge is 0.497 e. The fourth-order valence-electron chi connectivity index (χ4n) is 4.71. The van der Waals surface area contributed by atoms with E-state index in [1.807, 2.05) is 60.7 Å². The summed E-state index contributed by atoms with van der Waals surface area (Å²) in [5, 5.41) is 10.4. The van der Waals surface area contributed by atoms with Gasteiger partial charge in [-0.25, -0.2) is 13.8 Å². The molecule has 0 amide bonds. The molecule has 4 atom stereocenters. The van der Waals surface area contributed by atoms with Gasteiger partial charge in [0.2, 0.25) is 0 Å². The van der Waals surface area contributed by atoms with Crippen molar-refractivity contribution in [2.45, 2.75) is 31.2 Å². The van der Waals surface area contributed by atoms with Gasteiger partial charge >= 0.3 is 5.69 Å². The average Bonchev–Trinajstić information content (AvgIpc) is 3.26. The van der Waals surface area contributed by atoms with Crippen LogP contribution in [0.2, 0.25) is 0 Å². The van der Waals surface area contributed by atoms with Crippen LogP contribution >= 0.6 is 0 Å². The number of halogens is 1. The van der Waals surface area contributed by atoms with Crippen LogP contribution in [-0.4, -0.2) is 53.9 Å². The second-order valence-electron chi connectivity index (χ2n) is 9.34. The average molecular weight is 549 g/mol. The van der Waals surface area contributed by atoms with Crippen molar-refractivity contribution in [1.82, 2.24) is 9.55 Å². The van der Waals surface area contributed by atoms with Crippen molar-refractivity contribution in [2.75, 3.05) is 20.8 Å². The van der Waals surface area contributed by atoms with Gasteiger partial charge in [0.1, 0.15) is 23.7 Å². The number of hydrogen-bond donors (Lipinski definition) is 2. The normalized spacial score (nSPS) is 20.4. The molecule has 0 spiro atoms. The number of aliphatic hydroxyl groups is 1. The number of rotatable bonds is 9. The molecule has 0 radical (unpaired) electrons. The molecular weight excluding hydrogens is 519 g/mol. The van der Waals surface area contributed by atoms with Crippen LogP contribution in [0.1, 0.15) is 11.8 Å². The summed E-state index contributed by atoms with van der Waals surface area (Å²) in [5.41, 5.74) is 3.18. The van der Waals surface area contributed by atoms with Crippen LogP contribution in [0.3, 0.4) is 0 Å². The van der Waals surface area contributed by atoms with E-state index < -0.39 is 35.9 Å². The zero-order valence-corrected chi connectivity index (χ0v) is 22.0. The van der Waals surface area contributed by atoms with E-state index in [1.165, 1.54) is 6.20 Å². The third kappa shape index (κ3) is 5.55. The summed E-state index contributed by atoms with van der Waals surface area (Å²) in [6.45, 7) is -0.00974. The van der Waals surface area contributed by atoms with Gasteiger partial charge in [0.25, 0.3) is 5.56 Å². The van der Waals surface area contributed by atoms with E-state index in [0.29, 0.717) is 4.57 Å². The molecule has 208 valence electrons. The zero-order valence-electron chi connectivity index (χ0n) is 22.0. The third-order valence-corrected chi connectivity index (χ3v) is 6.91. The molecular formula is C30H29FN2O7. The Bertz CT molecular complexity index is 1540.